The highest BCUT2D eigenvalue weighted by molar-refractivity contribution is 5.55. The Kier molecular flexibility index (Phi) is 3.36. The summed E-state index contributed by atoms with van der Waals surface area (Å²) in [6.45, 7) is 0.605. The molecule has 0 unspecified atom stereocenters. The van der Waals surface area contributed by atoms with Crippen LogP contribution in [0.4, 0.5) is 18.9 Å². The van der Waals surface area contributed by atoms with Gasteiger partial charge in [-0.05, 0) is 25.5 Å². The predicted molar refractivity (Wildman–Crippen MR) is 59.7 cm³/mol. The highest BCUT2D eigenvalue weighted by Crippen LogP contribution is 2.42. The number of nitrogens with zero attached hydrogens (tertiary/aromatic N) is 1. The molecule has 0 spiro atoms. The molecule has 0 bridgehead atoms. The van der Waals surface area contributed by atoms with Gasteiger partial charge in [-0.3, -0.25) is 10.1 Å². The SMILES string of the molecule is O=[N+]([O-])c1cc(C(F)(F)F)cc([C@H]2CCCN2)c1O. The van der Waals surface area contributed by atoms with Crippen LogP contribution in [0.3, 0.4) is 0 Å². The smallest absolute Gasteiger partial charge is 0.416 e. The van der Waals surface area contributed by atoms with Crippen LogP contribution in [0.1, 0.15) is 30.0 Å². The summed E-state index contributed by atoms with van der Waals surface area (Å²) in [6.07, 6.45) is -3.41. The Bertz CT molecular complexity index is 511. The highest BCUT2D eigenvalue weighted by Gasteiger charge is 2.36. The summed E-state index contributed by atoms with van der Waals surface area (Å²) >= 11 is 0. The monoisotopic (exact) mass is 276 g/mol. The van der Waals surface area contributed by atoms with Crippen LogP contribution >= 0.6 is 0 Å². The van der Waals surface area contributed by atoms with E-state index in [2.05, 4.69) is 5.32 Å². The van der Waals surface area contributed by atoms with Gasteiger partial charge < -0.3 is 10.4 Å². The minimum absolute atomic E-state index is 0.0703. The Balaban J connectivity index is 2.57. The number of aromatic hydroxyl groups is 1. The maximum atomic E-state index is 12.7. The molecule has 2 rings (SSSR count). The molecule has 19 heavy (non-hydrogen) atoms. The summed E-state index contributed by atoms with van der Waals surface area (Å²) in [5.41, 5.74) is -2.11. The van der Waals surface area contributed by atoms with E-state index in [0.717, 1.165) is 12.5 Å². The molecule has 1 saturated heterocycles. The number of nitro benzene ring substituents is 1. The zero-order valence-electron chi connectivity index (χ0n) is 9.70. The minimum Gasteiger partial charge on any atom is -0.502 e. The van der Waals surface area contributed by atoms with Gasteiger partial charge in [0.1, 0.15) is 0 Å². The molecule has 1 aromatic rings. The van der Waals surface area contributed by atoms with Crippen LogP contribution in [0.25, 0.3) is 0 Å². The second-order valence-corrected chi connectivity index (χ2v) is 4.34. The van der Waals surface area contributed by atoms with Crippen molar-refractivity contribution in [2.24, 2.45) is 0 Å². The number of benzene rings is 1. The lowest BCUT2D eigenvalue weighted by molar-refractivity contribution is -0.386. The molecule has 104 valence electrons. The van der Waals surface area contributed by atoms with Crippen molar-refractivity contribution >= 4 is 5.69 Å². The van der Waals surface area contributed by atoms with Crippen molar-refractivity contribution in [3.05, 3.63) is 33.4 Å². The third-order valence-corrected chi connectivity index (χ3v) is 3.08. The number of nitro groups is 1. The van der Waals surface area contributed by atoms with Crippen molar-refractivity contribution in [1.29, 1.82) is 0 Å². The van der Waals surface area contributed by atoms with Crippen LogP contribution < -0.4 is 5.32 Å². The fraction of sp³-hybridized carbons (Fsp3) is 0.455. The number of halogens is 3. The van der Waals surface area contributed by atoms with Gasteiger partial charge in [0.2, 0.25) is 0 Å². The molecule has 1 atom stereocenters. The zero-order valence-corrected chi connectivity index (χ0v) is 9.70. The fourth-order valence-corrected chi connectivity index (χ4v) is 2.16. The van der Waals surface area contributed by atoms with Gasteiger partial charge in [-0.1, -0.05) is 0 Å². The second kappa shape index (κ2) is 4.69. The van der Waals surface area contributed by atoms with E-state index in [9.17, 15) is 28.4 Å². The van der Waals surface area contributed by atoms with E-state index in [0.29, 0.717) is 19.0 Å². The Morgan fingerprint density at radius 2 is 2.11 bits per heavy atom. The summed E-state index contributed by atoms with van der Waals surface area (Å²) in [4.78, 5) is 9.71. The Labute approximate surface area is 106 Å². The lowest BCUT2D eigenvalue weighted by Crippen LogP contribution is -2.15. The van der Waals surface area contributed by atoms with E-state index in [1.54, 1.807) is 0 Å². The first kappa shape index (κ1) is 13.6. The predicted octanol–water partition coefficient (Wildman–Crippen LogP) is 2.74. The minimum atomic E-state index is -4.69. The lowest BCUT2D eigenvalue weighted by Gasteiger charge is -2.15. The summed E-state index contributed by atoms with van der Waals surface area (Å²) in [7, 11) is 0. The average molecular weight is 276 g/mol. The van der Waals surface area contributed by atoms with Crippen molar-refractivity contribution in [3.8, 4) is 5.75 Å². The molecule has 1 fully saturated rings. The first-order valence-corrected chi connectivity index (χ1v) is 5.62. The number of phenols is 1. The average Bonchev–Trinajstić information content (AvgIpc) is 2.80. The van der Waals surface area contributed by atoms with E-state index in [4.69, 9.17) is 0 Å². The van der Waals surface area contributed by atoms with Gasteiger partial charge in [0.25, 0.3) is 0 Å². The van der Waals surface area contributed by atoms with Gasteiger partial charge in [0.15, 0.2) is 5.75 Å². The van der Waals surface area contributed by atoms with Crippen LogP contribution in [0, 0.1) is 10.1 Å². The Hall–Kier alpha value is -1.83. The molecule has 1 aromatic carbocycles. The molecule has 1 aliphatic rings. The van der Waals surface area contributed by atoms with Gasteiger partial charge in [-0.2, -0.15) is 13.2 Å². The van der Waals surface area contributed by atoms with Crippen molar-refractivity contribution in [2.75, 3.05) is 6.54 Å². The normalized spacial score (nSPS) is 19.6. The van der Waals surface area contributed by atoms with Crippen molar-refractivity contribution in [1.82, 2.24) is 5.32 Å². The molecule has 2 N–H and O–H groups in total. The maximum absolute atomic E-state index is 12.7. The van der Waals surface area contributed by atoms with Gasteiger partial charge in [0.05, 0.1) is 10.5 Å². The Morgan fingerprint density at radius 3 is 2.58 bits per heavy atom. The van der Waals surface area contributed by atoms with Crippen LogP contribution in [0.5, 0.6) is 5.75 Å². The van der Waals surface area contributed by atoms with Gasteiger partial charge in [-0.15, -0.1) is 0 Å². The molecular weight excluding hydrogens is 265 g/mol. The molecule has 0 amide bonds. The van der Waals surface area contributed by atoms with E-state index in [-0.39, 0.29) is 5.56 Å². The van der Waals surface area contributed by atoms with E-state index >= 15 is 0 Å². The largest absolute Gasteiger partial charge is 0.502 e. The highest BCUT2D eigenvalue weighted by atomic mass is 19.4. The zero-order chi connectivity index (χ0) is 14.2. The quantitative estimate of drug-likeness (QED) is 0.643. The summed E-state index contributed by atoms with van der Waals surface area (Å²) in [6, 6.07) is 0.639. The van der Waals surface area contributed by atoms with E-state index in [1.165, 1.54) is 0 Å². The van der Waals surface area contributed by atoms with Crippen molar-refractivity contribution in [3.63, 3.8) is 0 Å². The first-order chi connectivity index (χ1) is 8.80. The van der Waals surface area contributed by atoms with Gasteiger partial charge in [0, 0.05) is 17.7 Å². The van der Waals surface area contributed by atoms with Crippen LogP contribution in [-0.2, 0) is 6.18 Å². The van der Waals surface area contributed by atoms with Gasteiger partial charge in [-0.25, -0.2) is 0 Å². The molecule has 0 aromatic heterocycles. The van der Waals surface area contributed by atoms with Crippen LogP contribution in [0.15, 0.2) is 12.1 Å². The van der Waals surface area contributed by atoms with E-state index in [1.807, 2.05) is 0 Å². The lowest BCUT2D eigenvalue weighted by atomic mass is 10.00. The third kappa shape index (κ3) is 2.62. The number of phenolic OH excluding ortho intramolecular Hbond substituents is 1. The van der Waals surface area contributed by atoms with Crippen LogP contribution in [0.2, 0.25) is 0 Å². The van der Waals surface area contributed by atoms with Gasteiger partial charge >= 0.3 is 11.9 Å². The molecule has 1 aliphatic heterocycles. The topological polar surface area (TPSA) is 75.4 Å². The molecule has 0 saturated carbocycles. The standard InChI is InChI=1S/C11H11F3N2O3/c12-11(13,14)6-4-7(8-2-1-3-15-8)10(17)9(5-6)16(18)19/h4-5,8,15,17H,1-3H2/t8-/m1/s1. The molecule has 5 nitrogen and oxygen atoms in total. The third-order valence-electron chi connectivity index (χ3n) is 3.08. The molecule has 1 heterocycles. The number of alkyl halides is 3. The molecular formula is C11H11F3N2O3. The van der Waals surface area contributed by atoms with Crippen LogP contribution in [-0.4, -0.2) is 16.6 Å². The first-order valence-electron chi connectivity index (χ1n) is 5.62. The summed E-state index contributed by atoms with van der Waals surface area (Å²) in [5, 5.41) is 23.4. The number of hydrogen-bond acceptors (Lipinski definition) is 4. The summed E-state index contributed by atoms with van der Waals surface area (Å²) < 4.78 is 38.1. The maximum Gasteiger partial charge on any atom is 0.416 e. The fourth-order valence-electron chi connectivity index (χ4n) is 2.16. The summed E-state index contributed by atoms with van der Waals surface area (Å²) in [5.74, 6) is -0.697. The Morgan fingerprint density at radius 1 is 1.42 bits per heavy atom. The molecule has 0 radical (unpaired) electrons. The number of hydrogen-bond donors (Lipinski definition) is 2. The van der Waals surface area contributed by atoms with Crippen molar-refractivity contribution in [2.45, 2.75) is 25.1 Å². The van der Waals surface area contributed by atoms with E-state index < -0.39 is 34.1 Å². The molecule has 0 aliphatic carbocycles. The number of rotatable bonds is 2. The number of nitrogens with one attached hydrogen (secondary N) is 1. The second-order valence-electron chi connectivity index (χ2n) is 4.34. The van der Waals surface area contributed by atoms with Crippen molar-refractivity contribution < 1.29 is 23.2 Å². The molecule has 8 heteroatoms.